The molecule has 5 heteroatoms. The fourth-order valence-electron chi connectivity index (χ4n) is 1.38. The molecular formula is C12H9BrClFN2. The first-order chi connectivity index (χ1) is 8.06. The number of anilines is 2. The molecule has 0 aliphatic heterocycles. The van der Waals surface area contributed by atoms with E-state index in [1.54, 1.807) is 12.3 Å². The number of pyridine rings is 1. The van der Waals surface area contributed by atoms with E-state index in [9.17, 15) is 4.39 Å². The first-order valence-corrected chi connectivity index (χ1v) is 6.07. The predicted octanol–water partition coefficient (Wildman–Crippen LogP) is 4.69. The Morgan fingerprint density at radius 2 is 2.12 bits per heavy atom. The third-order valence-corrected chi connectivity index (χ3v) is 2.95. The quantitative estimate of drug-likeness (QED) is 0.869. The van der Waals surface area contributed by atoms with Crippen molar-refractivity contribution < 1.29 is 4.39 Å². The first-order valence-electron chi connectivity index (χ1n) is 4.90. The van der Waals surface area contributed by atoms with Gasteiger partial charge >= 0.3 is 0 Å². The van der Waals surface area contributed by atoms with Crippen LogP contribution in [-0.4, -0.2) is 4.98 Å². The van der Waals surface area contributed by atoms with Crippen LogP contribution >= 0.6 is 27.5 Å². The highest BCUT2D eigenvalue weighted by molar-refractivity contribution is 9.10. The lowest BCUT2D eigenvalue weighted by Gasteiger charge is -2.09. The van der Waals surface area contributed by atoms with Crippen molar-refractivity contribution in [2.24, 2.45) is 0 Å². The van der Waals surface area contributed by atoms with Crippen molar-refractivity contribution in [3.8, 4) is 0 Å². The van der Waals surface area contributed by atoms with Crippen molar-refractivity contribution in [3.05, 3.63) is 51.3 Å². The van der Waals surface area contributed by atoms with Crippen molar-refractivity contribution in [1.29, 1.82) is 0 Å². The van der Waals surface area contributed by atoms with E-state index in [1.165, 1.54) is 12.1 Å². The molecule has 1 aromatic carbocycles. The van der Waals surface area contributed by atoms with Gasteiger partial charge in [-0.05, 0) is 52.7 Å². The second-order valence-corrected chi connectivity index (χ2v) is 4.90. The van der Waals surface area contributed by atoms with Gasteiger partial charge < -0.3 is 5.32 Å². The minimum absolute atomic E-state index is 0.0877. The van der Waals surface area contributed by atoms with E-state index in [0.29, 0.717) is 5.69 Å². The summed E-state index contributed by atoms with van der Waals surface area (Å²) in [6.07, 6.45) is 1.69. The number of rotatable bonds is 2. The summed E-state index contributed by atoms with van der Waals surface area (Å²) in [6.45, 7) is 1.94. The van der Waals surface area contributed by atoms with Crippen molar-refractivity contribution in [2.75, 3.05) is 5.32 Å². The molecule has 1 heterocycles. The third-order valence-electron chi connectivity index (χ3n) is 2.23. The van der Waals surface area contributed by atoms with Crippen LogP contribution in [0.1, 0.15) is 5.56 Å². The Morgan fingerprint density at radius 3 is 2.76 bits per heavy atom. The molecule has 0 amide bonds. The zero-order chi connectivity index (χ0) is 12.4. The minimum atomic E-state index is -0.433. The number of hydrogen-bond acceptors (Lipinski definition) is 2. The molecule has 2 nitrogen and oxygen atoms in total. The summed E-state index contributed by atoms with van der Waals surface area (Å²) < 4.78 is 13.9. The van der Waals surface area contributed by atoms with E-state index in [4.69, 9.17) is 11.6 Å². The molecule has 2 rings (SSSR count). The SMILES string of the molecule is Cc1cc(Br)cnc1Nc1ccc(F)c(Cl)c1. The van der Waals surface area contributed by atoms with Gasteiger partial charge in [-0.1, -0.05) is 11.6 Å². The Morgan fingerprint density at radius 1 is 1.35 bits per heavy atom. The molecule has 0 fully saturated rings. The monoisotopic (exact) mass is 314 g/mol. The van der Waals surface area contributed by atoms with Gasteiger partial charge in [-0.15, -0.1) is 0 Å². The average molecular weight is 316 g/mol. The van der Waals surface area contributed by atoms with Gasteiger partial charge in [0.1, 0.15) is 11.6 Å². The van der Waals surface area contributed by atoms with E-state index in [1.807, 2.05) is 13.0 Å². The molecule has 0 saturated heterocycles. The van der Waals surface area contributed by atoms with E-state index in [-0.39, 0.29) is 5.02 Å². The zero-order valence-electron chi connectivity index (χ0n) is 8.97. The number of hydrogen-bond donors (Lipinski definition) is 1. The van der Waals surface area contributed by atoms with Crippen LogP contribution in [0, 0.1) is 12.7 Å². The maximum absolute atomic E-state index is 13.0. The van der Waals surface area contributed by atoms with Crippen LogP contribution in [0.5, 0.6) is 0 Å². The molecule has 0 aliphatic rings. The maximum Gasteiger partial charge on any atom is 0.141 e. The lowest BCUT2D eigenvalue weighted by atomic mass is 10.2. The van der Waals surface area contributed by atoms with Gasteiger partial charge in [0, 0.05) is 16.4 Å². The standard InChI is InChI=1S/C12H9BrClFN2/c1-7-4-8(13)6-16-12(7)17-9-2-3-11(15)10(14)5-9/h2-6H,1H3,(H,16,17). The van der Waals surface area contributed by atoms with Gasteiger partial charge in [0.15, 0.2) is 0 Å². The Balaban J connectivity index is 2.28. The zero-order valence-corrected chi connectivity index (χ0v) is 11.3. The lowest BCUT2D eigenvalue weighted by molar-refractivity contribution is 0.628. The summed E-state index contributed by atoms with van der Waals surface area (Å²) in [6, 6.07) is 6.41. The lowest BCUT2D eigenvalue weighted by Crippen LogP contribution is -1.96. The van der Waals surface area contributed by atoms with Gasteiger partial charge in [-0.25, -0.2) is 9.37 Å². The molecule has 0 saturated carbocycles. The molecule has 0 radical (unpaired) electrons. The van der Waals surface area contributed by atoms with Crippen LogP contribution in [0.15, 0.2) is 34.9 Å². The summed E-state index contributed by atoms with van der Waals surface area (Å²) in [5, 5.41) is 3.17. The van der Waals surface area contributed by atoms with E-state index in [2.05, 4.69) is 26.2 Å². The summed E-state index contributed by atoms with van der Waals surface area (Å²) in [7, 11) is 0. The van der Waals surface area contributed by atoms with Crippen LogP contribution in [0.2, 0.25) is 5.02 Å². The number of nitrogens with one attached hydrogen (secondary N) is 1. The molecule has 88 valence electrons. The highest BCUT2D eigenvalue weighted by Gasteiger charge is 2.04. The molecule has 0 bridgehead atoms. The molecular weight excluding hydrogens is 307 g/mol. The molecule has 0 aliphatic carbocycles. The summed E-state index contributed by atoms with van der Waals surface area (Å²) in [5.41, 5.74) is 1.69. The highest BCUT2D eigenvalue weighted by Crippen LogP contribution is 2.24. The second kappa shape index (κ2) is 5.02. The van der Waals surface area contributed by atoms with Gasteiger partial charge in [0.2, 0.25) is 0 Å². The van der Waals surface area contributed by atoms with Crippen LogP contribution in [-0.2, 0) is 0 Å². The number of aryl methyl sites for hydroxylation is 1. The van der Waals surface area contributed by atoms with Crippen LogP contribution < -0.4 is 5.32 Å². The van der Waals surface area contributed by atoms with Crippen molar-refractivity contribution in [3.63, 3.8) is 0 Å². The summed E-state index contributed by atoms with van der Waals surface area (Å²) >= 11 is 9.04. The largest absolute Gasteiger partial charge is 0.340 e. The van der Waals surface area contributed by atoms with E-state index >= 15 is 0 Å². The Bertz CT molecular complexity index is 560. The van der Waals surface area contributed by atoms with E-state index < -0.39 is 5.82 Å². The maximum atomic E-state index is 13.0. The third kappa shape index (κ3) is 2.96. The van der Waals surface area contributed by atoms with Crippen molar-refractivity contribution >= 4 is 39.0 Å². The predicted molar refractivity (Wildman–Crippen MR) is 71.4 cm³/mol. The first kappa shape index (κ1) is 12.3. The molecule has 2 aromatic rings. The molecule has 1 N–H and O–H groups in total. The Labute approximate surface area is 112 Å². The Kier molecular flexibility index (Phi) is 3.64. The smallest absolute Gasteiger partial charge is 0.141 e. The normalized spacial score (nSPS) is 10.4. The van der Waals surface area contributed by atoms with Crippen LogP contribution in [0.3, 0.4) is 0 Å². The molecule has 0 atom stereocenters. The second-order valence-electron chi connectivity index (χ2n) is 3.57. The number of nitrogens with zero attached hydrogens (tertiary/aromatic N) is 1. The van der Waals surface area contributed by atoms with Crippen LogP contribution in [0.4, 0.5) is 15.9 Å². The van der Waals surface area contributed by atoms with E-state index in [0.717, 1.165) is 15.9 Å². The number of benzene rings is 1. The fraction of sp³-hybridized carbons (Fsp3) is 0.0833. The van der Waals surface area contributed by atoms with Crippen molar-refractivity contribution in [2.45, 2.75) is 6.92 Å². The van der Waals surface area contributed by atoms with Crippen molar-refractivity contribution in [1.82, 2.24) is 4.98 Å². The Hall–Kier alpha value is -1.13. The molecule has 0 spiro atoms. The molecule has 1 aromatic heterocycles. The van der Waals surface area contributed by atoms with Gasteiger partial charge in [0.05, 0.1) is 5.02 Å². The topological polar surface area (TPSA) is 24.9 Å². The molecule has 17 heavy (non-hydrogen) atoms. The van der Waals surface area contributed by atoms with Crippen LogP contribution in [0.25, 0.3) is 0 Å². The summed E-state index contributed by atoms with van der Waals surface area (Å²) in [5.74, 6) is 0.286. The number of aromatic nitrogens is 1. The minimum Gasteiger partial charge on any atom is -0.340 e. The summed E-state index contributed by atoms with van der Waals surface area (Å²) in [4.78, 5) is 4.23. The number of halogens is 3. The fourth-order valence-corrected chi connectivity index (χ4v) is 2.01. The van der Waals surface area contributed by atoms with Gasteiger partial charge in [-0.2, -0.15) is 0 Å². The highest BCUT2D eigenvalue weighted by atomic mass is 79.9. The van der Waals surface area contributed by atoms with Gasteiger partial charge in [0.25, 0.3) is 0 Å². The molecule has 0 unspecified atom stereocenters. The average Bonchev–Trinajstić information content (AvgIpc) is 2.27. The van der Waals surface area contributed by atoms with Gasteiger partial charge in [-0.3, -0.25) is 0 Å².